The molecule has 0 saturated heterocycles. The van der Waals surface area contributed by atoms with E-state index in [1.54, 1.807) is 41.1 Å². The molecule has 0 aliphatic heterocycles. The van der Waals surface area contributed by atoms with Crippen LogP contribution < -0.4 is 9.92 Å². The van der Waals surface area contributed by atoms with Gasteiger partial charge in [0.15, 0.2) is 5.03 Å². The Morgan fingerprint density at radius 3 is 2.43 bits per heavy atom. The van der Waals surface area contributed by atoms with Crippen LogP contribution in [0.1, 0.15) is 37.0 Å². The third kappa shape index (κ3) is 4.40. The second-order valence-corrected chi connectivity index (χ2v) is 8.13. The van der Waals surface area contributed by atoms with E-state index in [1.807, 2.05) is 32.0 Å². The molecule has 0 fully saturated rings. The average molecular weight is 401 g/mol. The maximum atomic E-state index is 13.2. The SMILES string of the molecule is CC(C)c1nc(CCN)n(Cc2ccccn2)c1S(=O)(=O)Oc1ccccc1. The molecule has 0 aliphatic carbocycles. The fourth-order valence-electron chi connectivity index (χ4n) is 2.92. The summed E-state index contributed by atoms with van der Waals surface area (Å²) < 4.78 is 33.5. The second-order valence-electron chi connectivity index (χ2n) is 6.67. The van der Waals surface area contributed by atoms with Crippen LogP contribution >= 0.6 is 0 Å². The van der Waals surface area contributed by atoms with E-state index in [1.165, 1.54) is 0 Å². The molecule has 0 bridgehead atoms. The van der Waals surface area contributed by atoms with Crippen molar-refractivity contribution in [3.05, 3.63) is 71.9 Å². The van der Waals surface area contributed by atoms with Gasteiger partial charge in [-0.25, -0.2) is 4.98 Å². The maximum Gasteiger partial charge on any atom is 0.357 e. The highest BCUT2D eigenvalue weighted by molar-refractivity contribution is 7.87. The maximum absolute atomic E-state index is 13.2. The first-order valence-corrected chi connectivity index (χ1v) is 10.5. The van der Waals surface area contributed by atoms with E-state index < -0.39 is 10.1 Å². The Kier molecular flexibility index (Phi) is 6.11. The van der Waals surface area contributed by atoms with Crippen molar-refractivity contribution >= 4 is 10.1 Å². The Labute approximate surface area is 165 Å². The van der Waals surface area contributed by atoms with E-state index in [0.717, 1.165) is 5.69 Å². The zero-order chi connectivity index (χ0) is 20.1. The van der Waals surface area contributed by atoms with Crippen LogP contribution in [-0.4, -0.2) is 29.5 Å². The number of aromatic nitrogens is 3. The second kappa shape index (κ2) is 8.53. The van der Waals surface area contributed by atoms with Crippen LogP contribution in [-0.2, 0) is 23.1 Å². The number of pyridine rings is 1. The minimum Gasteiger partial charge on any atom is -0.378 e. The van der Waals surface area contributed by atoms with Crippen LogP contribution in [0.2, 0.25) is 0 Å². The van der Waals surface area contributed by atoms with Crippen molar-refractivity contribution in [3.8, 4) is 5.75 Å². The molecule has 2 aromatic heterocycles. The Bertz CT molecular complexity index is 1020. The monoisotopic (exact) mass is 400 g/mol. The number of hydrogen-bond acceptors (Lipinski definition) is 6. The molecule has 2 heterocycles. The number of rotatable bonds is 8. The Morgan fingerprint density at radius 1 is 1.11 bits per heavy atom. The van der Waals surface area contributed by atoms with E-state index >= 15 is 0 Å². The topological polar surface area (TPSA) is 100 Å². The molecule has 0 atom stereocenters. The molecule has 3 rings (SSSR count). The van der Waals surface area contributed by atoms with Crippen molar-refractivity contribution < 1.29 is 12.6 Å². The normalized spacial score (nSPS) is 11.7. The molecular formula is C20H24N4O3S. The van der Waals surface area contributed by atoms with E-state index in [0.29, 0.717) is 24.5 Å². The lowest BCUT2D eigenvalue weighted by molar-refractivity contribution is 0.470. The van der Waals surface area contributed by atoms with Gasteiger partial charge < -0.3 is 14.5 Å². The van der Waals surface area contributed by atoms with Gasteiger partial charge in [0.2, 0.25) is 0 Å². The average Bonchev–Trinajstić information content (AvgIpc) is 3.03. The molecule has 148 valence electrons. The van der Waals surface area contributed by atoms with Crippen LogP contribution in [0.5, 0.6) is 5.75 Å². The predicted molar refractivity (Wildman–Crippen MR) is 107 cm³/mol. The lowest BCUT2D eigenvalue weighted by Crippen LogP contribution is -2.20. The van der Waals surface area contributed by atoms with Crippen LogP contribution in [0.15, 0.2) is 59.8 Å². The first-order valence-electron chi connectivity index (χ1n) is 9.11. The summed E-state index contributed by atoms with van der Waals surface area (Å²) in [6.45, 7) is 4.43. The number of nitrogens with zero attached hydrogens (tertiary/aromatic N) is 3. The molecular weight excluding hydrogens is 376 g/mol. The summed E-state index contributed by atoms with van der Waals surface area (Å²) in [5.41, 5.74) is 6.94. The third-order valence-electron chi connectivity index (χ3n) is 4.17. The van der Waals surface area contributed by atoms with Crippen LogP contribution in [0.25, 0.3) is 0 Å². The summed E-state index contributed by atoms with van der Waals surface area (Å²) >= 11 is 0. The zero-order valence-electron chi connectivity index (χ0n) is 15.9. The minimum atomic E-state index is -4.11. The van der Waals surface area contributed by atoms with Gasteiger partial charge in [0, 0.05) is 12.6 Å². The van der Waals surface area contributed by atoms with Crippen molar-refractivity contribution in [1.29, 1.82) is 0 Å². The van der Waals surface area contributed by atoms with Crippen LogP contribution in [0.3, 0.4) is 0 Å². The summed E-state index contributed by atoms with van der Waals surface area (Å²) in [7, 11) is -4.11. The van der Waals surface area contributed by atoms with Crippen LogP contribution in [0, 0.1) is 0 Å². The molecule has 3 aromatic rings. The highest BCUT2D eigenvalue weighted by atomic mass is 32.2. The highest BCUT2D eigenvalue weighted by Crippen LogP contribution is 2.28. The van der Waals surface area contributed by atoms with Crippen molar-refractivity contribution in [2.75, 3.05) is 6.54 Å². The number of imidazole rings is 1. The fraction of sp³-hybridized carbons (Fsp3) is 0.300. The number of para-hydroxylation sites is 1. The largest absolute Gasteiger partial charge is 0.378 e. The lowest BCUT2D eigenvalue weighted by atomic mass is 10.1. The first-order chi connectivity index (χ1) is 13.4. The van der Waals surface area contributed by atoms with Gasteiger partial charge in [0.25, 0.3) is 0 Å². The molecule has 8 heteroatoms. The smallest absolute Gasteiger partial charge is 0.357 e. The molecule has 0 amide bonds. The molecule has 0 spiro atoms. The molecule has 28 heavy (non-hydrogen) atoms. The van der Waals surface area contributed by atoms with Gasteiger partial charge in [-0.15, -0.1) is 0 Å². The summed E-state index contributed by atoms with van der Waals surface area (Å²) in [6, 6.07) is 14.0. The summed E-state index contributed by atoms with van der Waals surface area (Å²) in [5, 5.41) is 0.0560. The summed E-state index contributed by atoms with van der Waals surface area (Å²) in [6.07, 6.45) is 2.13. The van der Waals surface area contributed by atoms with Gasteiger partial charge in [-0.2, -0.15) is 8.42 Å². The van der Waals surface area contributed by atoms with Gasteiger partial charge in [-0.3, -0.25) is 4.98 Å². The minimum absolute atomic E-state index is 0.0560. The Balaban J connectivity index is 2.13. The molecule has 2 N–H and O–H groups in total. The molecule has 1 aromatic carbocycles. The van der Waals surface area contributed by atoms with Crippen molar-refractivity contribution in [2.45, 2.75) is 37.8 Å². The van der Waals surface area contributed by atoms with Gasteiger partial charge in [-0.1, -0.05) is 38.1 Å². The zero-order valence-corrected chi connectivity index (χ0v) is 16.8. The van der Waals surface area contributed by atoms with Crippen LogP contribution in [0.4, 0.5) is 0 Å². The fourth-order valence-corrected chi connectivity index (χ4v) is 4.34. The lowest BCUT2D eigenvalue weighted by Gasteiger charge is -2.14. The quantitative estimate of drug-likeness (QED) is 0.584. The van der Waals surface area contributed by atoms with Gasteiger partial charge in [0.1, 0.15) is 11.6 Å². The summed E-state index contributed by atoms with van der Waals surface area (Å²) in [5.74, 6) is 0.751. The van der Waals surface area contributed by atoms with Crippen molar-refractivity contribution in [3.63, 3.8) is 0 Å². The first kappa shape index (κ1) is 20.0. The third-order valence-corrected chi connectivity index (χ3v) is 5.49. The molecule has 7 nitrogen and oxygen atoms in total. The number of nitrogens with two attached hydrogens (primary N) is 1. The number of hydrogen-bond donors (Lipinski definition) is 1. The standard InChI is InChI=1S/C20H24N4O3S/c1-15(2)19-20(28(25,26)27-17-9-4-3-5-10-17)24(18(23-19)11-12-21)14-16-8-6-7-13-22-16/h3-10,13,15H,11-12,14,21H2,1-2H3. The van der Waals surface area contributed by atoms with E-state index in [-0.39, 0.29) is 23.2 Å². The Morgan fingerprint density at radius 2 is 1.82 bits per heavy atom. The van der Waals surface area contributed by atoms with E-state index in [4.69, 9.17) is 9.92 Å². The van der Waals surface area contributed by atoms with Gasteiger partial charge in [-0.05, 0) is 36.7 Å². The van der Waals surface area contributed by atoms with Gasteiger partial charge in [0.05, 0.1) is 17.9 Å². The molecule has 0 unspecified atom stereocenters. The van der Waals surface area contributed by atoms with E-state index in [9.17, 15) is 8.42 Å². The van der Waals surface area contributed by atoms with Gasteiger partial charge >= 0.3 is 10.1 Å². The number of benzene rings is 1. The van der Waals surface area contributed by atoms with Crippen molar-refractivity contribution in [1.82, 2.24) is 14.5 Å². The molecule has 0 aliphatic rings. The van der Waals surface area contributed by atoms with Crippen molar-refractivity contribution in [2.24, 2.45) is 5.73 Å². The predicted octanol–water partition coefficient (Wildman–Crippen LogP) is 2.72. The Hall–Kier alpha value is -2.71. The summed E-state index contributed by atoms with van der Waals surface area (Å²) in [4.78, 5) is 8.92. The van der Waals surface area contributed by atoms with E-state index in [2.05, 4.69) is 9.97 Å². The highest BCUT2D eigenvalue weighted by Gasteiger charge is 2.31. The molecule has 0 radical (unpaired) electrons. The molecule has 0 saturated carbocycles.